The van der Waals surface area contributed by atoms with Gasteiger partial charge in [-0.25, -0.2) is 0 Å². The maximum Gasteiger partial charge on any atom is 0.309 e. The Hall–Kier alpha value is -1.39. The van der Waals surface area contributed by atoms with Crippen LogP contribution in [0, 0.1) is 0 Å². The Balaban J connectivity index is 1.92. The lowest BCUT2D eigenvalue weighted by Crippen LogP contribution is -2.49. The van der Waals surface area contributed by atoms with Crippen molar-refractivity contribution in [3.8, 4) is 0 Å². The summed E-state index contributed by atoms with van der Waals surface area (Å²) >= 11 is 0. The van der Waals surface area contributed by atoms with Crippen molar-refractivity contribution >= 4 is 5.97 Å². The Kier molecular flexibility index (Phi) is 4.93. The van der Waals surface area contributed by atoms with Crippen molar-refractivity contribution in [2.45, 2.75) is 25.9 Å². The van der Waals surface area contributed by atoms with Crippen molar-refractivity contribution in [2.75, 3.05) is 26.7 Å². The van der Waals surface area contributed by atoms with Crippen LogP contribution in [0.5, 0.6) is 0 Å². The maximum atomic E-state index is 11.2. The van der Waals surface area contributed by atoms with E-state index in [0.29, 0.717) is 12.5 Å². The molecule has 1 fully saturated rings. The molecule has 0 saturated carbocycles. The minimum absolute atomic E-state index is 0.191. The van der Waals surface area contributed by atoms with E-state index in [1.54, 1.807) is 0 Å². The molecule has 1 aliphatic heterocycles. The number of piperazine rings is 1. The molecule has 1 aliphatic rings. The molecule has 0 aliphatic carbocycles. The predicted molar refractivity (Wildman–Crippen MR) is 74.9 cm³/mol. The standard InChI is InChI=1S/C15H22N2O2/c1-12-10-16-7-8-17(12)11-14-5-3-13(4-6-14)9-15(18)19-2/h3-6,12,16H,7-11H2,1-2H3. The fourth-order valence-corrected chi connectivity index (χ4v) is 2.35. The highest BCUT2D eigenvalue weighted by Crippen LogP contribution is 2.12. The van der Waals surface area contributed by atoms with E-state index in [1.807, 2.05) is 12.1 Å². The topological polar surface area (TPSA) is 41.6 Å². The average Bonchev–Trinajstić information content (AvgIpc) is 2.43. The van der Waals surface area contributed by atoms with Gasteiger partial charge < -0.3 is 10.1 Å². The van der Waals surface area contributed by atoms with Gasteiger partial charge in [0.15, 0.2) is 0 Å². The Morgan fingerprint density at radius 3 is 2.68 bits per heavy atom. The first-order chi connectivity index (χ1) is 9.19. The Labute approximate surface area is 114 Å². The van der Waals surface area contributed by atoms with Crippen LogP contribution in [-0.2, 0) is 22.5 Å². The number of nitrogens with one attached hydrogen (secondary N) is 1. The van der Waals surface area contributed by atoms with Crippen LogP contribution in [0.15, 0.2) is 24.3 Å². The van der Waals surface area contributed by atoms with E-state index >= 15 is 0 Å². The highest BCUT2D eigenvalue weighted by atomic mass is 16.5. The van der Waals surface area contributed by atoms with Crippen LogP contribution >= 0.6 is 0 Å². The van der Waals surface area contributed by atoms with Crippen molar-refractivity contribution in [1.82, 2.24) is 10.2 Å². The molecule has 104 valence electrons. The number of hydrogen-bond acceptors (Lipinski definition) is 4. The molecule has 1 unspecified atom stereocenters. The van der Waals surface area contributed by atoms with Crippen molar-refractivity contribution in [3.63, 3.8) is 0 Å². The second kappa shape index (κ2) is 6.68. The van der Waals surface area contributed by atoms with Gasteiger partial charge in [0.25, 0.3) is 0 Å². The molecule has 1 saturated heterocycles. The molecular weight excluding hydrogens is 240 g/mol. The van der Waals surface area contributed by atoms with Gasteiger partial charge >= 0.3 is 5.97 Å². The molecule has 1 atom stereocenters. The van der Waals surface area contributed by atoms with Crippen molar-refractivity contribution in [2.24, 2.45) is 0 Å². The van der Waals surface area contributed by atoms with Crippen LogP contribution in [0.25, 0.3) is 0 Å². The zero-order valence-corrected chi connectivity index (χ0v) is 11.7. The molecule has 1 aromatic rings. The lowest BCUT2D eigenvalue weighted by molar-refractivity contribution is -0.139. The average molecular weight is 262 g/mol. The summed E-state index contributed by atoms with van der Waals surface area (Å²) in [7, 11) is 1.42. The number of benzene rings is 1. The monoisotopic (exact) mass is 262 g/mol. The van der Waals surface area contributed by atoms with Crippen molar-refractivity contribution in [1.29, 1.82) is 0 Å². The van der Waals surface area contributed by atoms with E-state index in [1.165, 1.54) is 12.7 Å². The highest BCUT2D eigenvalue weighted by Gasteiger charge is 2.17. The van der Waals surface area contributed by atoms with Gasteiger partial charge in [0.1, 0.15) is 0 Å². The fourth-order valence-electron chi connectivity index (χ4n) is 2.35. The van der Waals surface area contributed by atoms with Gasteiger partial charge in [-0.05, 0) is 18.1 Å². The third kappa shape index (κ3) is 4.04. The molecule has 2 rings (SSSR count). The molecule has 0 spiro atoms. The SMILES string of the molecule is COC(=O)Cc1ccc(CN2CCNCC2C)cc1. The quantitative estimate of drug-likeness (QED) is 0.828. The highest BCUT2D eigenvalue weighted by molar-refractivity contribution is 5.72. The zero-order chi connectivity index (χ0) is 13.7. The number of esters is 1. The molecular formula is C15H22N2O2. The smallest absolute Gasteiger partial charge is 0.309 e. The summed E-state index contributed by atoms with van der Waals surface area (Å²) in [6.45, 7) is 6.43. The second-order valence-corrected chi connectivity index (χ2v) is 5.09. The number of carbonyl (C=O) groups is 1. The van der Waals surface area contributed by atoms with Crippen LogP contribution in [0.4, 0.5) is 0 Å². The molecule has 0 radical (unpaired) electrons. The van der Waals surface area contributed by atoms with Crippen LogP contribution in [-0.4, -0.2) is 43.7 Å². The summed E-state index contributed by atoms with van der Waals surface area (Å²) in [6.07, 6.45) is 0.348. The summed E-state index contributed by atoms with van der Waals surface area (Å²) in [4.78, 5) is 13.7. The third-order valence-electron chi connectivity index (χ3n) is 3.62. The van der Waals surface area contributed by atoms with Gasteiger partial charge in [-0.2, -0.15) is 0 Å². The molecule has 4 nitrogen and oxygen atoms in total. The van der Waals surface area contributed by atoms with E-state index in [9.17, 15) is 4.79 Å². The second-order valence-electron chi connectivity index (χ2n) is 5.09. The molecule has 1 aromatic carbocycles. The zero-order valence-electron chi connectivity index (χ0n) is 11.7. The molecule has 1 heterocycles. The Morgan fingerprint density at radius 1 is 1.37 bits per heavy atom. The van der Waals surface area contributed by atoms with Gasteiger partial charge in [0.05, 0.1) is 13.5 Å². The number of rotatable bonds is 4. The minimum atomic E-state index is -0.191. The maximum absolute atomic E-state index is 11.2. The largest absolute Gasteiger partial charge is 0.469 e. The van der Waals surface area contributed by atoms with Crippen LogP contribution in [0.1, 0.15) is 18.1 Å². The summed E-state index contributed by atoms with van der Waals surface area (Å²) in [5, 5.41) is 3.39. The minimum Gasteiger partial charge on any atom is -0.469 e. The number of hydrogen-bond donors (Lipinski definition) is 1. The lowest BCUT2D eigenvalue weighted by Gasteiger charge is -2.33. The molecule has 0 amide bonds. The molecule has 0 aromatic heterocycles. The van der Waals surface area contributed by atoms with Crippen LogP contribution in [0.3, 0.4) is 0 Å². The van der Waals surface area contributed by atoms with Crippen molar-refractivity contribution < 1.29 is 9.53 Å². The number of carbonyl (C=O) groups excluding carboxylic acids is 1. The van der Waals surface area contributed by atoms with Gasteiger partial charge in [0.2, 0.25) is 0 Å². The number of ether oxygens (including phenoxy) is 1. The molecule has 1 N–H and O–H groups in total. The van der Waals surface area contributed by atoms with E-state index in [2.05, 4.69) is 34.0 Å². The van der Waals surface area contributed by atoms with Crippen molar-refractivity contribution in [3.05, 3.63) is 35.4 Å². The summed E-state index contributed by atoms with van der Waals surface area (Å²) < 4.78 is 4.67. The first-order valence-electron chi connectivity index (χ1n) is 6.78. The predicted octanol–water partition coefficient (Wildman–Crippen LogP) is 1.20. The van der Waals surface area contributed by atoms with Crippen LogP contribution in [0.2, 0.25) is 0 Å². The lowest BCUT2D eigenvalue weighted by atomic mass is 10.1. The molecule has 19 heavy (non-hydrogen) atoms. The van der Waals surface area contributed by atoms with E-state index in [4.69, 9.17) is 0 Å². The van der Waals surface area contributed by atoms with E-state index in [0.717, 1.165) is 31.7 Å². The van der Waals surface area contributed by atoms with Gasteiger partial charge in [0, 0.05) is 32.2 Å². The normalized spacial score (nSPS) is 20.2. The van der Waals surface area contributed by atoms with Gasteiger partial charge in [-0.15, -0.1) is 0 Å². The number of methoxy groups -OCH3 is 1. The molecule has 0 bridgehead atoms. The Morgan fingerprint density at radius 2 is 2.05 bits per heavy atom. The molecule has 4 heteroatoms. The summed E-state index contributed by atoms with van der Waals surface area (Å²) in [5.74, 6) is -0.191. The first kappa shape index (κ1) is 14.0. The van der Waals surface area contributed by atoms with E-state index < -0.39 is 0 Å². The van der Waals surface area contributed by atoms with Gasteiger partial charge in [-0.1, -0.05) is 24.3 Å². The Bertz CT molecular complexity index is 417. The fraction of sp³-hybridized carbons (Fsp3) is 0.533. The summed E-state index contributed by atoms with van der Waals surface area (Å²) in [6, 6.07) is 8.81. The van der Waals surface area contributed by atoms with E-state index in [-0.39, 0.29) is 5.97 Å². The first-order valence-corrected chi connectivity index (χ1v) is 6.78. The van der Waals surface area contributed by atoms with Gasteiger partial charge in [-0.3, -0.25) is 9.69 Å². The summed E-state index contributed by atoms with van der Waals surface area (Å²) in [5.41, 5.74) is 2.30. The number of nitrogens with zero attached hydrogens (tertiary/aromatic N) is 1. The third-order valence-corrected chi connectivity index (χ3v) is 3.62. The van der Waals surface area contributed by atoms with Crippen LogP contribution < -0.4 is 5.32 Å².